The fraction of sp³-hybridized carbons (Fsp3) is 0.529. The Morgan fingerprint density at radius 2 is 1.83 bits per heavy atom. The lowest BCUT2D eigenvalue weighted by Gasteiger charge is -2.27. The van der Waals surface area contributed by atoms with Crippen LogP contribution in [0, 0.1) is 0 Å². The van der Waals surface area contributed by atoms with Crippen LogP contribution in [0.25, 0.3) is 0 Å². The quantitative estimate of drug-likeness (QED) is 0.656. The largest absolute Gasteiger partial charge is 0.378 e. The third-order valence-electron chi connectivity index (χ3n) is 4.01. The number of guanidine groups is 1. The minimum atomic E-state index is 0.0675. The van der Waals surface area contributed by atoms with E-state index < -0.39 is 0 Å². The van der Waals surface area contributed by atoms with Crippen molar-refractivity contribution in [1.29, 1.82) is 0 Å². The number of nitrogens with zero attached hydrogens (tertiary/aromatic N) is 3. The number of amides is 1. The molecule has 6 nitrogen and oxygen atoms in total. The normalized spacial score (nSPS) is 15.6. The predicted molar refractivity (Wildman–Crippen MR) is 91.4 cm³/mol. The minimum Gasteiger partial charge on any atom is -0.378 e. The highest BCUT2D eigenvalue weighted by Gasteiger charge is 2.13. The summed E-state index contributed by atoms with van der Waals surface area (Å²) in [5.41, 5.74) is 7.76. The first-order chi connectivity index (χ1) is 11.2. The van der Waals surface area contributed by atoms with Crippen molar-refractivity contribution in [3.63, 3.8) is 0 Å². The van der Waals surface area contributed by atoms with E-state index >= 15 is 0 Å². The SMILES string of the molecule is CCN(CC)C(=O)c1ccc(CN=C(N)N2CCOCC2)cc1. The second-order valence-electron chi connectivity index (χ2n) is 5.45. The first kappa shape index (κ1) is 17.3. The van der Waals surface area contributed by atoms with Crippen molar-refractivity contribution in [3.8, 4) is 0 Å². The van der Waals surface area contributed by atoms with Gasteiger partial charge in [-0.3, -0.25) is 4.79 Å². The third kappa shape index (κ3) is 4.69. The molecule has 6 heteroatoms. The van der Waals surface area contributed by atoms with Gasteiger partial charge in [-0.1, -0.05) is 12.1 Å². The molecule has 23 heavy (non-hydrogen) atoms. The van der Waals surface area contributed by atoms with Gasteiger partial charge in [0.1, 0.15) is 0 Å². The van der Waals surface area contributed by atoms with E-state index in [-0.39, 0.29) is 5.91 Å². The van der Waals surface area contributed by atoms with Gasteiger partial charge in [0.2, 0.25) is 0 Å². The molecule has 0 unspecified atom stereocenters. The van der Waals surface area contributed by atoms with Crippen molar-refractivity contribution in [2.24, 2.45) is 10.7 Å². The summed E-state index contributed by atoms with van der Waals surface area (Å²) in [5, 5.41) is 0. The van der Waals surface area contributed by atoms with Crippen LogP contribution in [-0.4, -0.2) is 61.1 Å². The molecule has 1 heterocycles. The third-order valence-corrected chi connectivity index (χ3v) is 4.01. The standard InChI is InChI=1S/C17H26N4O2/c1-3-20(4-2)16(22)15-7-5-14(6-8-15)13-19-17(18)21-9-11-23-12-10-21/h5-8H,3-4,9-13H2,1-2H3,(H2,18,19). The Morgan fingerprint density at radius 3 is 2.39 bits per heavy atom. The summed E-state index contributed by atoms with van der Waals surface area (Å²) in [7, 11) is 0. The average Bonchev–Trinajstić information content (AvgIpc) is 2.61. The molecule has 0 atom stereocenters. The Bertz CT molecular complexity index is 532. The van der Waals surface area contributed by atoms with Gasteiger partial charge in [-0.05, 0) is 31.5 Å². The smallest absolute Gasteiger partial charge is 0.253 e. The molecule has 1 aliphatic rings. The van der Waals surface area contributed by atoms with Crippen LogP contribution < -0.4 is 5.73 Å². The van der Waals surface area contributed by atoms with E-state index in [2.05, 4.69) is 4.99 Å². The lowest BCUT2D eigenvalue weighted by molar-refractivity contribution is 0.0674. The van der Waals surface area contributed by atoms with E-state index in [1.54, 1.807) is 0 Å². The molecule has 1 saturated heterocycles. The van der Waals surface area contributed by atoms with Gasteiger partial charge in [0, 0.05) is 31.7 Å². The molecule has 0 aliphatic carbocycles. The van der Waals surface area contributed by atoms with Gasteiger partial charge in [0.25, 0.3) is 5.91 Å². The van der Waals surface area contributed by atoms with Gasteiger partial charge in [-0.2, -0.15) is 0 Å². The van der Waals surface area contributed by atoms with E-state index in [4.69, 9.17) is 10.5 Å². The molecule has 0 saturated carbocycles. The number of nitrogens with two attached hydrogens (primary N) is 1. The Kier molecular flexibility index (Phi) is 6.40. The number of hydrogen-bond acceptors (Lipinski definition) is 3. The average molecular weight is 318 g/mol. The maximum Gasteiger partial charge on any atom is 0.253 e. The maximum absolute atomic E-state index is 12.3. The first-order valence-electron chi connectivity index (χ1n) is 8.16. The van der Waals surface area contributed by atoms with Crippen LogP contribution >= 0.6 is 0 Å². The number of aliphatic imine (C=N–C) groups is 1. The lowest BCUT2D eigenvalue weighted by atomic mass is 10.1. The number of carbonyl (C=O) groups excluding carboxylic acids is 1. The van der Waals surface area contributed by atoms with E-state index in [0.717, 1.165) is 31.7 Å². The zero-order valence-electron chi connectivity index (χ0n) is 14.0. The number of hydrogen-bond donors (Lipinski definition) is 1. The molecule has 2 rings (SSSR count). The number of rotatable bonds is 5. The molecule has 0 bridgehead atoms. The van der Waals surface area contributed by atoms with Crippen molar-refractivity contribution in [3.05, 3.63) is 35.4 Å². The van der Waals surface area contributed by atoms with Crippen LogP contribution in [0.5, 0.6) is 0 Å². The lowest BCUT2D eigenvalue weighted by Crippen LogP contribution is -2.44. The van der Waals surface area contributed by atoms with Crippen molar-refractivity contribution in [2.45, 2.75) is 20.4 Å². The van der Waals surface area contributed by atoms with Gasteiger partial charge < -0.3 is 20.3 Å². The van der Waals surface area contributed by atoms with Gasteiger partial charge in [-0.15, -0.1) is 0 Å². The molecule has 1 aliphatic heterocycles. The second-order valence-corrected chi connectivity index (χ2v) is 5.45. The molecular weight excluding hydrogens is 292 g/mol. The zero-order chi connectivity index (χ0) is 16.7. The van der Waals surface area contributed by atoms with Gasteiger partial charge in [0.15, 0.2) is 5.96 Å². The van der Waals surface area contributed by atoms with Gasteiger partial charge >= 0.3 is 0 Å². The minimum absolute atomic E-state index is 0.0675. The van der Waals surface area contributed by atoms with Gasteiger partial charge in [-0.25, -0.2) is 4.99 Å². The molecule has 0 spiro atoms. The Labute approximate surface area is 137 Å². The van der Waals surface area contributed by atoms with Gasteiger partial charge in [0.05, 0.1) is 19.8 Å². The summed E-state index contributed by atoms with van der Waals surface area (Å²) in [6, 6.07) is 7.59. The molecule has 2 N–H and O–H groups in total. The topological polar surface area (TPSA) is 71.2 Å². The molecule has 126 valence electrons. The maximum atomic E-state index is 12.3. The Morgan fingerprint density at radius 1 is 1.22 bits per heavy atom. The number of ether oxygens (including phenoxy) is 1. The van der Waals surface area contributed by atoms with E-state index in [9.17, 15) is 4.79 Å². The summed E-state index contributed by atoms with van der Waals surface area (Å²) < 4.78 is 5.30. The summed E-state index contributed by atoms with van der Waals surface area (Å²) in [6.07, 6.45) is 0. The molecule has 1 aromatic rings. The fourth-order valence-electron chi connectivity index (χ4n) is 2.51. The summed E-state index contributed by atoms with van der Waals surface area (Å²) in [4.78, 5) is 20.5. The van der Waals surface area contributed by atoms with Crippen LogP contribution in [-0.2, 0) is 11.3 Å². The monoisotopic (exact) mass is 318 g/mol. The Hall–Kier alpha value is -2.08. The van der Waals surface area contributed by atoms with E-state index in [1.165, 1.54) is 0 Å². The highest BCUT2D eigenvalue weighted by Crippen LogP contribution is 2.09. The zero-order valence-corrected chi connectivity index (χ0v) is 14.0. The highest BCUT2D eigenvalue weighted by atomic mass is 16.5. The summed E-state index contributed by atoms with van der Waals surface area (Å²) in [6.45, 7) is 8.88. The predicted octanol–water partition coefficient (Wildman–Crippen LogP) is 1.32. The molecule has 1 fully saturated rings. The Balaban J connectivity index is 1.95. The fourth-order valence-corrected chi connectivity index (χ4v) is 2.51. The number of morpholine rings is 1. The van der Waals surface area contributed by atoms with Crippen molar-refractivity contribution < 1.29 is 9.53 Å². The van der Waals surface area contributed by atoms with Crippen LogP contribution in [0.1, 0.15) is 29.8 Å². The van der Waals surface area contributed by atoms with Crippen molar-refractivity contribution in [2.75, 3.05) is 39.4 Å². The molecule has 1 aromatic carbocycles. The van der Waals surface area contributed by atoms with Crippen LogP contribution in [0.3, 0.4) is 0 Å². The number of carbonyl (C=O) groups is 1. The summed E-state index contributed by atoms with van der Waals surface area (Å²) >= 11 is 0. The molecular formula is C17H26N4O2. The van der Waals surface area contributed by atoms with E-state index in [1.807, 2.05) is 47.9 Å². The molecule has 0 radical (unpaired) electrons. The molecule has 1 amide bonds. The first-order valence-corrected chi connectivity index (χ1v) is 8.16. The van der Waals surface area contributed by atoms with Crippen molar-refractivity contribution in [1.82, 2.24) is 9.80 Å². The van der Waals surface area contributed by atoms with Crippen LogP contribution in [0.2, 0.25) is 0 Å². The van der Waals surface area contributed by atoms with Crippen molar-refractivity contribution >= 4 is 11.9 Å². The van der Waals surface area contributed by atoms with E-state index in [0.29, 0.717) is 31.3 Å². The van der Waals surface area contributed by atoms with Crippen LogP contribution in [0.15, 0.2) is 29.3 Å². The highest BCUT2D eigenvalue weighted by molar-refractivity contribution is 5.94. The van der Waals surface area contributed by atoms with Crippen LogP contribution in [0.4, 0.5) is 0 Å². The number of benzene rings is 1. The second kappa shape index (κ2) is 8.53. The molecule has 0 aromatic heterocycles. The summed E-state index contributed by atoms with van der Waals surface area (Å²) in [5.74, 6) is 0.620.